The molecule has 3 aliphatic rings. The van der Waals surface area contributed by atoms with Crippen molar-refractivity contribution in [3.05, 3.63) is 35.4 Å². The van der Waals surface area contributed by atoms with E-state index < -0.39 is 0 Å². The van der Waals surface area contributed by atoms with E-state index in [2.05, 4.69) is 28.0 Å². The average Bonchev–Trinajstić information content (AvgIpc) is 2.85. The van der Waals surface area contributed by atoms with Crippen LogP contribution < -0.4 is 0 Å². The predicted octanol–water partition coefficient (Wildman–Crippen LogP) is 1.26. The Hall–Kier alpha value is -1.50. The Morgan fingerprint density at radius 2 is 1.88 bits per heavy atom. The van der Waals surface area contributed by atoms with Gasteiger partial charge >= 0.3 is 0 Å². The average molecular weight is 345 g/mol. The van der Waals surface area contributed by atoms with Crippen molar-refractivity contribution in [1.29, 1.82) is 0 Å². The van der Waals surface area contributed by atoms with Gasteiger partial charge in [-0.05, 0) is 29.8 Å². The largest absolute Gasteiger partial charge is 0.379 e. The molecule has 6 heteroatoms. The smallest absolute Gasteiger partial charge is 0.251 e. The molecule has 1 unspecified atom stereocenters. The Bertz CT molecular complexity index is 602. The number of morpholine rings is 1. The first-order valence-electron chi connectivity index (χ1n) is 8.73. The molecule has 0 N–H and O–H groups in total. The topological polar surface area (TPSA) is 36.0 Å². The normalized spacial score (nSPS) is 24.2. The lowest BCUT2D eigenvalue weighted by Gasteiger charge is -2.30. The molecule has 24 heavy (non-hydrogen) atoms. The number of carbonyl (C=O) groups is 1. The first-order chi connectivity index (χ1) is 11.7. The zero-order chi connectivity index (χ0) is 16.5. The molecule has 4 rings (SSSR count). The lowest BCUT2D eigenvalue weighted by atomic mass is 9.95. The number of thiocarbonyl (C=S) groups is 1. The zero-order valence-electron chi connectivity index (χ0n) is 13.8. The van der Waals surface area contributed by atoms with Crippen molar-refractivity contribution in [2.45, 2.75) is 25.4 Å². The lowest BCUT2D eigenvalue weighted by Crippen LogP contribution is -2.39. The maximum Gasteiger partial charge on any atom is 0.251 e. The van der Waals surface area contributed by atoms with Gasteiger partial charge in [0.2, 0.25) is 0 Å². The van der Waals surface area contributed by atoms with Gasteiger partial charge in [0.1, 0.15) is 6.04 Å². The van der Waals surface area contributed by atoms with E-state index in [1.807, 2.05) is 11.0 Å². The highest BCUT2D eigenvalue weighted by molar-refractivity contribution is 7.80. The van der Waals surface area contributed by atoms with Crippen LogP contribution in [0.1, 0.15) is 17.5 Å². The third kappa shape index (κ3) is 2.94. The highest BCUT2D eigenvalue weighted by atomic mass is 32.1. The fourth-order valence-corrected chi connectivity index (χ4v) is 4.23. The summed E-state index contributed by atoms with van der Waals surface area (Å²) in [5.74, 6) is 0.177. The van der Waals surface area contributed by atoms with Crippen LogP contribution in [0.5, 0.6) is 0 Å². The van der Waals surface area contributed by atoms with Gasteiger partial charge in [0.25, 0.3) is 5.91 Å². The van der Waals surface area contributed by atoms with Gasteiger partial charge in [-0.3, -0.25) is 14.6 Å². The molecule has 5 nitrogen and oxygen atoms in total. The van der Waals surface area contributed by atoms with Gasteiger partial charge < -0.3 is 9.64 Å². The number of fused-ring (bicyclic) bond motifs is 2. The first-order valence-corrected chi connectivity index (χ1v) is 9.14. The summed E-state index contributed by atoms with van der Waals surface area (Å²) >= 11 is 5.61. The zero-order valence-corrected chi connectivity index (χ0v) is 14.6. The minimum atomic E-state index is -0.101. The summed E-state index contributed by atoms with van der Waals surface area (Å²) in [7, 11) is 0. The molecule has 0 radical (unpaired) electrons. The molecule has 2 fully saturated rings. The van der Waals surface area contributed by atoms with Crippen molar-refractivity contribution >= 4 is 23.2 Å². The fourth-order valence-electron chi connectivity index (χ4n) is 3.86. The van der Waals surface area contributed by atoms with E-state index in [4.69, 9.17) is 17.0 Å². The summed E-state index contributed by atoms with van der Waals surface area (Å²) in [5, 5.41) is 0.710. The van der Waals surface area contributed by atoms with Crippen LogP contribution in [-0.2, 0) is 22.5 Å². The highest BCUT2D eigenvalue weighted by Crippen LogP contribution is 2.30. The molecule has 0 aliphatic carbocycles. The number of ether oxygens (including phenoxy) is 1. The monoisotopic (exact) mass is 345 g/mol. The van der Waals surface area contributed by atoms with Crippen LogP contribution in [0.15, 0.2) is 24.3 Å². The number of carbonyl (C=O) groups excluding carboxylic acids is 1. The molecule has 3 aliphatic heterocycles. The minimum Gasteiger partial charge on any atom is -0.379 e. The Labute approximate surface area is 148 Å². The molecule has 0 saturated carbocycles. The van der Waals surface area contributed by atoms with Crippen LogP contribution in [0.25, 0.3) is 0 Å². The van der Waals surface area contributed by atoms with Gasteiger partial charge in [-0.2, -0.15) is 0 Å². The second-order valence-corrected chi connectivity index (χ2v) is 7.06. The molecule has 1 aromatic carbocycles. The van der Waals surface area contributed by atoms with Gasteiger partial charge in [-0.15, -0.1) is 0 Å². The van der Waals surface area contributed by atoms with Crippen molar-refractivity contribution in [1.82, 2.24) is 14.7 Å². The lowest BCUT2D eigenvalue weighted by molar-refractivity contribution is -0.128. The number of nitrogens with zero attached hydrogens (tertiary/aromatic N) is 3. The molecule has 2 saturated heterocycles. The molecule has 1 aromatic rings. The van der Waals surface area contributed by atoms with E-state index in [9.17, 15) is 4.79 Å². The van der Waals surface area contributed by atoms with Crippen LogP contribution >= 0.6 is 12.2 Å². The van der Waals surface area contributed by atoms with E-state index in [1.165, 1.54) is 11.1 Å². The van der Waals surface area contributed by atoms with Gasteiger partial charge in [0.05, 0.1) is 13.2 Å². The van der Waals surface area contributed by atoms with Crippen molar-refractivity contribution in [2.75, 3.05) is 39.4 Å². The van der Waals surface area contributed by atoms with Crippen LogP contribution in [-0.4, -0.2) is 71.2 Å². The maximum atomic E-state index is 12.8. The number of benzene rings is 1. The molecular weight excluding hydrogens is 322 g/mol. The van der Waals surface area contributed by atoms with E-state index in [1.54, 1.807) is 0 Å². The molecule has 1 atom stereocenters. The summed E-state index contributed by atoms with van der Waals surface area (Å²) in [6, 6.07) is 8.27. The van der Waals surface area contributed by atoms with Crippen LogP contribution in [0, 0.1) is 0 Å². The molecule has 0 bridgehead atoms. The number of hydrogen-bond acceptors (Lipinski definition) is 4. The molecule has 0 spiro atoms. The summed E-state index contributed by atoms with van der Waals surface area (Å²) in [6.07, 6.45) is 1.73. The summed E-state index contributed by atoms with van der Waals surface area (Å²) < 4.78 is 5.37. The van der Waals surface area contributed by atoms with Crippen LogP contribution in [0.2, 0.25) is 0 Å². The number of rotatable bonds is 4. The second kappa shape index (κ2) is 6.78. The van der Waals surface area contributed by atoms with Gasteiger partial charge in [0, 0.05) is 39.1 Å². The quantitative estimate of drug-likeness (QED) is 0.768. The second-order valence-electron chi connectivity index (χ2n) is 6.70. The third-order valence-corrected chi connectivity index (χ3v) is 5.69. The van der Waals surface area contributed by atoms with E-state index in [0.29, 0.717) is 5.11 Å². The van der Waals surface area contributed by atoms with E-state index in [-0.39, 0.29) is 11.9 Å². The Kier molecular flexibility index (Phi) is 4.52. The van der Waals surface area contributed by atoms with Gasteiger partial charge in [-0.1, -0.05) is 24.3 Å². The highest BCUT2D eigenvalue weighted by Gasteiger charge is 2.44. The van der Waals surface area contributed by atoms with E-state index >= 15 is 0 Å². The summed E-state index contributed by atoms with van der Waals surface area (Å²) in [4.78, 5) is 19.1. The standard InChI is InChI=1S/C18H23N3O2S/c22-17-16-12-14-4-1-2-5-15(14)13-21(16)18(24)20(17)7-3-6-19-8-10-23-11-9-19/h1-2,4-5,16H,3,6-13H2. The SMILES string of the molecule is O=C1C2Cc3ccccc3CN2C(=S)N1CCCN1CCOCC1. The fraction of sp³-hybridized carbons (Fsp3) is 0.556. The number of hydrogen-bond donors (Lipinski definition) is 0. The Morgan fingerprint density at radius 1 is 1.12 bits per heavy atom. The predicted molar refractivity (Wildman–Crippen MR) is 95.7 cm³/mol. The Balaban J connectivity index is 1.38. The van der Waals surface area contributed by atoms with Crippen molar-refractivity contribution < 1.29 is 9.53 Å². The van der Waals surface area contributed by atoms with Gasteiger partial charge in [0.15, 0.2) is 5.11 Å². The third-order valence-electron chi connectivity index (χ3n) is 5.24. The molecule has 1 amide bonds. The Morgan fingerprint density at radius 3 is 2.67 bits per heavy atom. The van der Waals surface area contributed by atoms with Crippen molar-refractivity contribution in [3.63, 3.8) is 0 Å². The summed E-state index contributed by atoms with van der Waals surface area (Å²) in [6.45, 7) is 6.08. The molecule has 0 aromatic heterocycles. The number of amides is 1. The first kappa shape index (κ1) is 16.0. The van der Waals surface area contributed by atoms with Crippen LogP contribution in [0.3, 0.4) is 0 Å². The molecule has 128 valence electrons. The van der Waals surface area contributed by atoms with E-state index in [0.717, 1.165) is 58.8 Å². The summed E-state index contributed by atoms with van der Waals surface area (Å²) in [5.41, 5.74) is 2.57. The van der Waals surface area contributed by atoms with Crippen molar-refractivity contribution in [3.8, 4) is 0 Å². The van der Waals surface area contributed by atoms with Gasteiger partial charge in [-0.25, -0.2) is 0 Å². The molecular formula is C18H23N3O2S. The van der Waals surface area contributed by atoms with Crippen molar-refractivity contribution in [2.24, 2.45) is 0 Å². The van der Waals surface area contributed by atoms with Crippen LogP contribution in [0.4, 0.5) is 0 Å². The minimum absolute atomic E-state index is 0.101. The molecule has 3 heterocycles. The maximum absolute atomic E-state index is 12.8.